The molecule has 2 aromatic rings. The van der Waals surface area contributed by atoms with Crippen LogP contribution in [0.15, 0.2) is 40.9 Å². The van der Waals surface area contributed by atoms with Gasteiger partial charge in [0.2, 0.25) is 0 Å². The summed E-state index contributed by atoms with van der Waals surface area (Å²) in [6.45, 7) is 0. The molecule has 1 N–H and O–H groups in total. The van der Waals surface area contributed by atoms with E-state index in [1.165, 1.54) is 13.2 Å². The zero-order valence-electron chi connectivity index (χ0n) is 10.1. The van der Waals surface area contributed by atoms with Crippen molar-refractivity contribution in [1.29, 1.82) is 5.26 Å². The maximum Gasteiger partial charge on any atom is 0.147 e. The lowest BCUT2D eigenvalue weighted by molar-refractivity contribution is 0.415. The molecule has 2 rings (SSSR count). The molecule has 0 aliphatic heterocycles. The molecule has 0 fully saturated rings. The summed E-state index contributed by atoms with van der Waals surface area (Å²) in [5.74, 6) is 0.195. The van der Waals surface area contributed by atoms with Gasteiger partial charge in [-0.1, -0.05) is 15.9 Å². The minimum absolute atomic E-state index is 0.299. The summed E-state index contributed by atoms with van der Waals surface area (Å²) in [5.41, 5.74) is 1.22. The third-order valence-corrected chi connectivity index (χ3v) is 3.04. The molecule has 3 nitrogen and oxygen atoms in total. The van der Waals surface area contributed by atoms with Gasteiger partial charge in [-0.3, -0.25) is 0 Å². The number of halogens is 2. The van der Waals surface area contributed by atoms with E-state index >= 15 is 0 Å². The van der Waals surface area contributed by atoms with E-state index < -0.39 is 5.82 Å². The second-order valence-corrected chi connectivity index (χ2v) is 4.69. The summed E-state index contributed by atoms with van der Waals surface area (Å²) in [7, 11) is 1.53. The highest BCUT2D eigenvalue weighted by atomic mass is 79.9. The molecule has 0 saturated carbocycles. The van der Waals surface area contributed by atoms with Gasteiger partial charge in [-0.25, -0.2) is 4.39 Å². The fourth-order valence-electron chi connectivity index (χ4n) is 1.59. The lowest BCUT2D eigenvalue weighted by Crippen LogP contribution is -1.97. The van der Waals surface area contributed by atoms with Crippen molar-refractivity contribution in [3.8, 4) is 11.8 Å². The van der Waals surface area contributed by atoms with E-state index in [1.54, 1.807) is 30.3 Å². The van der Waals surface area contributed by atoms with Crippen LogP contribution in [0.5, 0.6) is 5.75 Å². The van der Waals surface area contributed by atoms with E-state index in [1.807, 2.05) is 6.07 Å². The molecule has 0 bridgehead atoms. The number of methoxy groups -OCH3 is 1. The maximum absolute atomic E-state index is 13.7. The first-order chi connectivity index (χ1) is 9.13. The molecule has 0 unspecified atom stereocenters. The van der Waals surface area contributed by atoms with Gasteiger partial charge in [0, 0.05) is 10.5 Å². The standard InChI is InChI=1S/C14H10BrFN2O/c1-19-11-4-2-9(8-17)14(7-11)18-13-5-3-10(15)6-12(13)16/h2-7,18H,1H3. The first-order valence-corrected chi connectivity index (χ1v) is 6.23. The molecule has 0 amide bonds. The van der Waals surface area contributed by atoms with Crippen molar-refractivity contribution in [1.82, 2.24) is 0 Å². The van der Waals surface area contributed by atoms with Crippen molar-refractivity contribution in [2.45, 2.75) is 0 Å². The predicted molar refractivity (Wildman–Crippen MR) is 75.1 cm³/mol. The molecule has 2 aromatic carbocycles. The summed E-state index contributed by atoms with van der Waals surface area (Å²) < 4.78 is 19.5. The largest absolute Gasteiger partial charge is 0.497 e. The van der Waals surface area contributed by atoms with Crippen LogP contribution in [-0.4, -0.2) is 7.11 Å². The van der Waals surface area contributed by atoms with Crippen molar-refractivity contribution in [3.05, 3.63) is 52.3 Å². The van der Waals surface area contributed by atoms with Crippen LogP contribution in [0.4, 0.5) is 15.8 Å². The van der Waals surface area contributed by atoms with Gasteiger partial charge in [0.15, 0.2) is 0 Å². The Morgan fingerprint density at radius 1 is 1.21 bits per heavy atom. The van der Waals surface area contributed by atoms with Crippen LogP contribution < -0.4 is 10.1 Å². The van der Waals surface area contributed by atoms with E-state index in [9.17, 15) is 4.39 Å². The smallest absolute Gasteiger partial charge is 0.147 e. The number of anilines is 2. The monoisotopic (exact) mass is 320 g/mol. The van der Waals surface area contributed by atoms with Gasteiger partial charge >= 0.3 is 0 Å². The van der Waals surface area contributed by atoms with Crippen LogP contribution in [0.1, 0.15) is 5.56 Å². The topological polar surface area (TPSA) is 45.0 Å². The summed E-state index contributed by atoms with van der Waals surface area (Å²) in [6, 6.07) is 11.7. The normalized spacial score (nSPS) is 9.79. The first-order valence-electron chi connectivity index (χ1n) is 5.44. The molecule has 0 atom stereocenters. The Morgan fingerprint density at radius 2 is 2.00 bits per heavy atom. The van der Waals surface area contributed by atoms with E-state index in [0.717, 1.165) is 0 Å². The molecular weight excluding hydrogens is 311 g/mol. The van der Waals surface area contributed by atoms with Crippen LogP contribution in [-0.2, 0) is 0 Å². The van der Waals surface area contributed by atoms with Crippen molar-refractivity contribution in [2.75, 3.05) is 12.4 Å². The van der Waals surface area contributed by atoms with Crippen LogP contribution >= 0.6 is 15.9 Å². The average Bonchev–Trinajstić information content (AvgIpc) is 2.41. The zero-order valence-corrected chi connectivity index (χ0v) is 11.7. The second kappa shape index (κ2) is 5.72. The quantitative estimate of drug-likeness (QED) is 0.921. The van der Waals surface area contributed by atoms with Gasteiger partial charge in [-0.15, -0.1) is 0 Å². The Labute approximate surface area is 118 Å². The van der Waals surface area contributed by atoms with Crippen LogP contribution in [0.3, 0.4) is 0 Å². The van der Waals surface area contributed by atoms with Gasteiger partial charge < -0.3 is 10.1 Å². The molecule has 0 aliphatic rings. The zero-order chi connectivity index (χ0) is 13.8. The molecule has 5 heteroatoms. The van der Waals surface area contributed by atoms with E-state index in [4.69, 9.17) is 10.00 Å². The van der Waals surface area contributed by atoms with E-state index in [-0.39, 0.29) is 0 Å². The molecule has 0 radical (unpaired) electrons. The molecule has 0 spiro atoms. The molecule has 96 valence electrons. The predicted octanol–water partition coefficient (Wildman–Crippen LogP) is 4.21. The fraction of sp³-hybridized carbons (Fsp3) is 0.0714. The second-order valence-electron chi connectivity index (χ2n) is 3.77. The maximum atomic E-state index is 13.7. The highest BCUT2D eigenvalue weighted by Crippen LogP contribution is 2.28. The summed E-state index contributed by atoms with van der Waals surface area (Å²) in [5, 5.41) is 11.9. The van der Waals surface area contributed by atoms with Crippen LogP contribution in [0, 0.1) is 17.1 Å². The number of hydrogen-bond donors (Lipinski definition) is 1. The molecular formula is C14H10BrFN2O. The molecule has 0 aliphatic carbocycles. The van der Waals surface area contributed by atoms with Gasteiger partial charge in [0.1, 0.15) is 17.6 Å². The van der Waals surface area contributed by atoms with Gasteiger partial charge in [-0.05, 0) is 30.3 Å². The number of rotatable bonds is 3. The summed E-state index contributed by atoms with van der Waals surface area (Å²) in [4.78, 5) is 0. The van der Waals surface area contributed by atoms with Gasteiger partial charge in [0.25, 0.3) is 0 Å². The molecule has 0 heterocycles. The van der Waals surface area contributed by atoms with Crippen molar-refractivity contribution in [2.24, 2.45) is 0 Å². The van der Waals surface area contributed by atoms with Crippen LogP contribution in [0.25, 0.3) is 0 Å². The van der Waals surface area contributed by atoms with E-state index in [0.29, 0.717) is 27.2 Å². The Bertz CT molecular complexity index is 652. The third-order valence-electron chi connectivity index (χ3n) is 2.55. The van der Waals surface area contributed by atoms with Gasteiger partial charge in [0.05, 0.1) is 24.0 Å². The highest BCUT2D eigenvalue weighted by Gasteiger charge is 2.08. The third kappa shape index (κ3) is 3.04. The molecule has 0 saturated heterocycles. The minimum atomic E-state index is -0.402. The Kier molecular flexibility index (Phi) is 4.03. The highest BCUT2D eigenvalue weighted by molar-refractivity contribution is 9.10. The number of ether oxygens (including phenoxy) is 1. The number of benzene rings is 2. The Balaban J connectivity index is 2.39. The lowest BCUT2D eigenvalue weighted by atomic mass is 10.1. The summed E-state index contributed by atoms with van der Waals surface area (Å²) >= 11 is 3.19. The number of hydrogen-bond acceptors (Lipinski definition) is 3. The Hall–Kier alpha value is -2.06. The van der Waals surface area contributed by atoms with E-state index in [2.05, 4.69) is 21.2 Å². The SMILES string of the molecule is COc1ccc(C#N)c(Nc2ccc(Br)cc2F)c1. The first kappa shape index (κ1) is 13.4. The van der Waals surface area contributed by atoms with Crippen molar-refractivity contribution < 1.29 is 9.13 Å². The van der Waals surface area contributed by atoms with Gasteiger partial charge in [-0.2, -0.15) is 5.26 Å². The lowest BCUT2D eigenvalue weighted by Gasteiger charge is -2.11. The fourth-order valence-corrected chi connectivity index (χ4v) is 1.92. The molecule has 19 heavy (non-hydrogen) atoms. The molecule has 0 aromatic heterocycles. The minimum Gasteiger partial charge on any atom is -0.497 e. The number of nitrogens with zero attached hydrogens (tertiary/aromatic N) is 1. The number of nitrogens with one attached hydrogen (secondary N) is 1. The summed E-state index contributed by atoms with van der Waals surface area (Å²) in [6.07, 6.45) is 0. The van der Waals surface area contributed by atoms with Crippen LogP contribution in [0.2, 0.25) is 0 Å². The van der Waals surface area contributed by atoms with Crippen molar-refractivity contribution in [3.63, 3.8) is 0 Å². The average molecular weight is 321 g/mol. The van der Waals surface area contributed by atoms with Crippen molar-refractivity contribution >= 4 is 27.3 Å². The Morgan fingerprint density at radius 3 is 2.63 bits per heavy atom. The number of nitriles is 1.